The van der Waals surface area contributed by atoms with E-state index in [4.69, 9.17) is 4.74 Å². The Morgan fingerprint density at radius 1 is 0.739 bits per heavy atom. The predicted molar refractivity (Wildman–Crippen MR) is 101 cm³/mol. The maximum Gasteiger partial charge on any atom is 0.305 e. The second-order valence-corrected chi connectivity index (χ2v) is 7.40. The molecule has 23 heavy (non-hydrogen) atoms. The predicted octanol–water partition coefficient (Wildman–Crippen LogP) is 7.06. The minimum absolute atomic E-state index is 0.00971. The molecular formula is C21H42O2. The number of rotatable bonds is 17. The summed E-state index contributed by atoms with van der Waals surface area (Å²) in [6.45, 7) is 7.45. The van der Waals surface area contributed by atoms with Gasteiger partial charge in [-0.3, -0.25) is 4.79 Å². The minimum Gasteiger partial charge on any atom is -0.466 e. The molecule has 0 saturated carbocycles. The van der Waals surface area contributed by atoms with Gasteiger partial charge in [-0.15, -0.1) is 0 Å². The van der Waals surface area contributed by atoms with E-state index in [1.54, 1.807) is 0 Å². The van der Waals surface area contributed by atoms with E-state index in [-0.39, 0.29) is 5.97 Å². The number of hydrogen-bond acceptors (Lipinski definition) is 2. The van der Waals surface area contributed by atoms with E-state index < -0.39 is 0 Å². The molecule has 2 heteroatoms. The molecule has 0 radical (unpaired) electrons. The third-order valence-corrected chi connectivity index (χ3v) is 4.42. The summed E-state index contributed by atoms with van der Waals surface area (Å²) in [5.74, 6) is 0.848. The molecule has 0 rings (SSSR count). The molecule has 0 unspecified atom stereocenters. The van der Waals surface area contributed by atoms with Crippen molar-refractivity contribution in [3.05, 3.63) is 0 Å². The molecule has 2 nitrogen and oxygen atoms in total. The summed E-state index contributed by atoms with van der Waals surface area (Å²) >= 11 is 0. The van der Waals surface area contributed by atoms with Crippen LogP contribution >= 0.6 is 0 Å². The van der Waals surface area contributed by atoms with Crippen molar-refractivity contribution in [1.29, 1.82) is 0 Å². The monoisotopic (exact) mass is 326 g/mol. The summed E-state index contributed by atoms with van der Waals surface area (Å²) in [4.78, 5) is 11.6. The number of unbranched alkanes of at least 4 members (excludes halogenated alkanes) is 11. The van der Waals surface area contributed by atoms with Crippen LogP contribution in [0.15, 0.2) is 0 Å². The second-order valence-electron chi connectivity index (χ2n) is 7.40. The van der Waals surface area contributed by atoms with Gasteiger partial charge in [0.15, 0.2) is 0 Å². The van der Waals surface area contributed by atoms with Gasteiger partial charge in [-0.05, 0) is 18.8 Å². The lowest BCUT2D eigenvalue weighted by Gasteiger charge is -2.06. The van der Waals surface area contributed by atoms with Gasteiger partial charge in [0.05, 0.1) is 6.61 Å². The Morgan fingerprint density at radius 2 is 1.26 bits per heavy atom. The second kappa shape index (κ2) is 17.8. The molecule has 0 atom stereocenters. The number of esters is 1. The number of ether oxygens (including phenoxy) is 1. The van der Waals surface area contributed by atoms with Crippen molar-refractivity contribution in [3.63, 3.8) is 0 Å². The van der Waals surface area contributed by atoms with E-state index in [1.807, 2.05) is 0 Å². The Kier molecular flexibility index (Phi) is 17.4. The molecule has 0 bridgehead atoms. The van der Waals surface area contributed by atoms with Crippen LogP contribution in [0.1, 0.15) is 117 Å². The lowest BCUT2D eigenvalue weighted by atomic mass is 10.0. The van der Waals surface area contributed by atoms with Gasteiger partial charge >= 0.3 is 5.97 Å². The van der Waals surface area contributed by atoms with Crippen LogP contribution in [-0.2, 0) is 9.53 Å². The Morgan fingerprint density at radius 3 is 1.87 bits per heavy atom. The third-order valence-electron chi connectivity index (χ3n) is 4.42. The zero-order valence-electron chi connectivity index (χ0n) is 16.2. The number of carbonyl (C=O) groups excluding carboxylic acids is 1. The molecule has 0 heterocycles. The lowest BCUT2D eigenvalue weighted by Crippen LogP contribution is -2.05. The summed E-state index contributed by atoms with van der Waals surface area (Å²) in [5.41, 5.74) is 0. The minimum atomic E-state index is 0.00971. The summed E-state index contributed by atoms with van der Waals surface area (Å²) in [7, 11) is 0. The first-order valence-corrected chi connectivity index (χ1v) is 10.3. The molecule has 0 fully saturated rings. The van der Waals surface area contributed by atoms with Crippen molar-refractivity contribution < 1.29 is 9.53 Å². The van der Waals surface area contributed by atoms with E-state index >= 15 is 0 Å². The van der Waals surface area contributed by atoms with Crippen LogP contribution in [0.3, 0.4) is 0 Å². The van der Waals surface area contributed by atoms with Gasteiger partial charge in [0.2, 0.25) is 0 Å². The Hall–Kier alpha value is -0.530. The molecule has 138 valence electrons. The summed E-state index contributed by atoms with van der Waals surface area (Å²) < 4.78 is 5.31. The highest BCUT2D eigenvalue weighted by molar-refractivity contribution is 5.69. The fraction of sp³-hybridized carbons (Fsp3) is 0.952. The molecule has 0 aliphatic carbocycles. The first-order valence-electron chi connectivity index (χ1n) is 10.3. The van der Waals surface area contributed by atoms with Gasteiger partial charge in [0, 0.05) is 6.42 Å². The van der Waals surface area contributed by atoms with Crippen molar-refractivity contribution in [1.82, 2.24) is 0 Å². The van der Waals surface area contributed by atoms with Crippen molar-refractivity contribution in [2.75, 3.05) is 6.61 Å². The molecule has 0 aromatic rings. The standard InChI is InChI=1S/C21H42O2/c1-4-5-6-7-8-12-15-18-21(22)23-19-16-13-10-9-11-14-17-20(2)3/h20H,4-19H2,1-3H3. The van der Waals surface area contributed by atoms with E-state index in [9.17, 15) is 4.79 Å². The fourth-order valence-electron chi connectivity index (χ4n) is 2.85. The largest absolute Gasteiger partial charge is 0.466 e. The molecule has 0 aromatic heterocycles. The van der Waals surface area contributed by atoms with Crippen LogP contribution in [0.5, 0.6) is 0 Å². The van der Waals surface area contributed by atoms with Gasteiger partial charge in [-0.2, -0.15) is 0 Å². The van der Waals surface area contributed by atoms with Gasteiger partial charge in [-0.1, -0.05) is 97.8 Å². The Labute approximate surface area is 145 Å². The highest BCUT2D eigenvalue weighted by atomic mass is 16.5. The molecule has 0 N–H and O–H groups in total. The van der Waals surface area contributed by atoms with Crippen molar-refractivity contribution in [2.24, 2.45) is 5.92 Å². The normalized spacial score (nSPS) is 11.1. The van der Waals surface area contributed by atoms with Gasteiger partial charge in [0.1, 0.15) is 0 Å². The molecule has 0 amide bonds. The van der Waals surface area contributed by atoms with Gasteiger partial charge in [0.25, 0.3) is 0 Å². The van der Waals surface area contributed by atoms with E-state index in [0.717, 1.165) is 18.8 Å². The number of carbonyl (C=O) groups is 1. The van der Waals surface area contributed by atoms with E-state index in [2.05, 4.69) is 20.8 Å². The molecule has 0 aliphatic rings. The summed E-state index contributed by atoms with van der Waals surface area (Å²) in [5, 5.41) is 0. The van der Waals surface area contributed by atoms with Crippen LogP contribution in [0.25, 0.3) is 0 Å². The molecule has 0 saturated heterocycles. The van der Waals surface area contributed by atoms with E-state index in [1.165, 1.54) is 77.0 Å². The SMILES string of the molecule is CCCCCCCCCC(=O)OCCCCCCCCC(C)C. The van der Waals surface area contributed by atoms with Crippen LogP contribution in [0.4, 0.5) is 0 Å². The van der Waals surface area contributed by atoms with Crippen LogP contribution in [-0.4, -0.2) is 12.6 Å². The summed E-state index contributed by atoms with van der Waals surface area (Å²) in [6.07, 6.45) is 18.3. The van der Waals surface area contributed by atoms with Gasteiger partial charge in [-0.25, -0.2) is 0 Å². The highest BCUT2D eigenvalue weighted by Crippen LogP contribution is 2.12. The lowest BCUT2D eigenvalue weighted by molar-refractivity contribution is -0.143. The van der Waals surface area contributed by atoms with Gasteiger partial charge < -0.3 is 4.74 Å². The molecule has 0 spiro atoms. The van der Waals surface area contributed by atoms with Crippen LogP contribution < -0.4 is 0 Å². The first kappa shape index (κ1) is 22.5. The molecule has 0 aromatic carbocycles. The van der Waals surface area contributed by atoms with Crippen LogP contribution in [0, 0.1) is 5.92 Å². The Bertz CT molecular complexity index is 248. The average Bonchev–Trinajstić information content (AvgIpc) is 2.52. The smallest absolute Gasteiger partial charge is 0.305 e. The average molecular weight is 327 g/mol. The molecule has 0 aliphatic heterocycles. The third kappa shape index (κ3) is 19.4. The zero-order chi connectivity index (χ0) is 17.2. The summed E-state index contributed by atoms with van der Waals surface area (Å²) in [6, 6.07) is 0. The van der Waals surface area contributed by atoms with Crippen molar-refractivity contribution in [3.8, 4) is 0 Å². The maximum atomic E-state index is 11.6. The first-order chi connectivity index (χ1) is 11.2. The Balaban J connectivity index is 3.15. The maximum absolute atomic E-state index is 11.6. The fourth-order valence-corrected chi connectivity index (χ4v) is 2.85. The van der Waals surface area contributed by atoms with E-state index in [0.29, 0.717) is 13.0 Å². The quantitative estimate of drug-likeness (QED) is 0.211. The van der Waals surface area contributed by atoms with Crippen molar-refractivity contribution >= 4 is 5.97 Å². The van der Waals surface area contributed by atoms with Crippen molar-refractivity contribution in [2.45, 2.75) is 117 Å². The zero-order valence-corrected chi connectivity index (χ0v) is 16.2. The molecular weight excluding hydrogens is 284 g/mol. The highest BCUT2D eigenvalue weighted by Gasteiger charge is 2.02. The topological polar surface area (TPSA) is 26.3 Å². The number of hydrogen-bond donors (Lipinski definition) is 0. The van der Waals surface area contributed by atoms with Crippen LogP contribution in [0.2, 0.25) is 0 Å².